The van der Waals surface area contributed by atoms with Crippen LogP contribution in [0.4, 0.5) is 0 Å². The highest BCUT2D eigenvalue weighted by molar-refractivity contribution is 7.22. The second kappa shape index (κ2) is 8.41. The minimum Gasteiger partial charge on any atom is -0.329 e. The summed E-state index contributed by atoms with van der Waals surface area (Å²) >= 11 is 7.47. The Labute approximate surface area is 199 Å². The van der Waals surface area contributed by atoms with E-state index < -0.39 is 0 Å². The zero-order valence-corrected chi connectivity index (χ0v) is 19.5. The predicted octanol–water partition coefficient (Wildman–Crippen LogP) is 5.21. The van der Waals surface area contributed by atoms with Gasteiger partial charge in [0.15, 0.2) is 0 Å². The molecule has 0 unspecified atom stereocenters. The summed E-state index contributed by atoms with van der Waals surface area (Å²) in [5.41, 5.74) is 4.40. The van der Waals surface area contributed by atoms with Crippen LogP contribution in [-0.4, -0.2) is 43.6 Å². The zero-order chi connectivity index (χ0) is 22.4. The fourth-order valence-electron chi connectivity index (χ4n) is 4.49. The monoisotopic (exact) mass is 475 g/mol. The van der Waals surface area contributed by atoms with Crippen LogP contribution in [0.1, 0.15) is 12.8 Å². The van der Waals surface area contributed by atoms with Gasteiger partial charge in [-0.05, 0) is 67.9 Å². The van der Waals surface area contributed by atoms with Crippen LogP contribution in [0.2, 0.25) is 5.02 Å². The third-order valence-electron chi connectivity index (χ3n) is 6.31. The molecule has 0 radical (unpaired) electrons. The fourth-order valence-corrected chi connectivity index (χ4v) is 5.66. The maximum absolute atomic E-state index is 13.3. The van der Waals surface area contributed by atoms with Gasteiger partial charge in [-0.1, -0.05) is 23.7 Å². The molecule has 1 fully saturated rings. The molecule has 0 N–H and O–H groups in total. The average Bonchev–Trinajstić information content (AvgIpc) is 3.58. The van der Waals surface area contributed by atoms with Crippen molar-refractivity contribution < 1.29 is 0 Å². The first-order chi connectivity index (χ1) is 16.2. The van der Waals surface area contributed by atoms with Gasteiger partial charge >= 0.3 is 0 Å². The normalized spacial score (nSPS) is 14.6. The van der Waals surface area contributed by atoms with Crippen LogP contribution in [0.25, 0.3) is 37.4 Å². The number of aromatic nitrogens is 4. The van der Waals surface area contributed by atoms with E-state index in [0.717, 1.165) is 40.3 Å². The first kappa shape index (κ1) is 20.6. The Hall–Kier alpha value is -3.00. The van der Waals surface area contributed by atoms with Crippen LogP contribution < -0.4 is 5.56 Å². The van der Waals surface area contributed by atoms with E-state index in [1.807, 2.05) is 54.9 Å². The molecule has 3 aromatic heterocycles. The average molecular weight is 476 g/mol. The van der Waals surface area contributed by atoms with Crippen molar-refractivity contribution in [3.05, 3.63) is 76.6 Å². The fraction of sp³-hybridized carbons (Fsp3) is 0.240. The lowest BCUT2D eigenvalue weighted by atomic mass is 10.2. The van der Waals surface area contributed by atoms with Crippen molar-refractivity contribution in [3.8, 4) is 16.1 Å². The lowest BCUT2D eigenvalue weighted by Gasteiger charge is -2.15. The third-order valence-corrected chi connectivity index (χ3v) is 7.72. The highest BCUT2D eigenvalue weighted by atomic mass is 35.5. The van der Waals surface area contributed by atoms with E-state index >= 15 is 0 Å². The molecule has 1 aliphatic rings. The van der Waals surface area contributed by atoms with Gasteiger partial charge in [-0.2, -0.15) is 0 Å². The minimum atomic E-state index is -0.0713. The van der Waals surface area contributed by atoms with Crippen LogP contribution in [0, 0.1) is 0 Å². The molecule has 166 valence electrons. The summed E-state index contributed by atoms with van der Waals surface area (Å²) < 4.78 is 4.44. The lowest BCUT2D eigenvalue weighted by Crippen LogP contribution is -2.23. The number of fused-ring (bicyclic) bond motifs is 2. The molecule has 6 rings (SSSR count). The van der Waals surface area contributed by atoms with Crippen LogP contribution in [0.15, 0.2) is 66.0 Å². The van der Waals surface area contributed by atoms with E-state index in [0.29, 0.717) is 15.2 Å². The van der Waals surface area contributed by atoms with Gasteiger partial charge in [-0.15, -0.1) is 11.3 Å². The summed E-state index contributed by atoms with van der Waals surface area (Å²) in [4.78, 5) is 25.9. The summed E-state index contributed by atoms with van der Waals surface area (Å²) in [7, 11) is 0. The van der Waals surface area contributed by atoms with E-state index in [-0.39, 0.29) is 5.56 Å². The Morgan fingerprint density at radius 3 is 2.52 bits per heavy atom. The molecule has 33 heavy (non-hydrogen) atoms. The molecule has 8 heteroatoms. The van der Waals surface area contributed by atoms with Crippen LogP contribution >= 0.6 is 22.9 Å². The molecule has 1 saturated heterocycles. The van der Waals surface area contributed by atoms with E-state index in [1.54, 1.807) is 10.9 Å². The molecule has 5 aromatic rings. The van der Waals surface area contributed by atoms with Crippen molar-refractivity contribution >= 4 is 44.2 Å². The number of benzene rings is 2. The highest BCUT2D eigenvalue weighted by Gasteiger charge is 2.14. The van der Waals surface area contributed by atoms with Gasteiger partial charge < -0.3 is 9.47 Å². The first-order valence-corrected chi connectivity index (χ1v) is 12.3. The Bertz CT molecular complexity index is 1510. The van der Waals surface area contributed by atoms with Crippen LogP contribution in [-0.2, 0) is 6.54 Å². The minimum absolute atomic E-state index is 0.0713. The number of nitrogens with zero attached hydrogens (tertiary/aromatic N) is 5. The number of hydrogen-bond donors (Lipinski definition) is 0. The van der Waals surface area contributed by atoms with E-state index in [2.05, 4.69) is 19.4 Å². The molecule has 6 nitrogen and oxygen atoms in total. The van der Waals surface area contributed by atoms with Gasteiger partial charge in [0.1, 0.15) is 11.0 Å². The van der Waals surface area contributed by atoms with E-state index in [1.165, 1.54) is 37.3 Å². The Morgan fingerprint density at radius 2 is 1.70 bits per heavy atom. The van der Waals surface area contributed by atoms with Crippen LogP contribution in [0.3, 0.4) is 0 Å². The topological polar surface area (TPSA) is 56.0 Å². The number of hydrogen-bond acceptors (Lipinski definition) is 5. The largest absolute Gasteiger partial charge is 0.329 e. The third kappa shape index (κ3) is 3.86. The second-order valence-corrected chi connectivity index (χ2v) is 9.90. The van der Waals surface area contributed by atoms with Crippen LogP contribution in [0.5, 0.6) is 0 Å². The molecular formula is C25H22ClN5OS. The Balaban J connectivity index is 1.32. The summed E-state index contributed by atoms with van der Waals surface area (Å²) in [5.74, 6) is 0. The maximum Gasteiger partial charge on any atom is 0.275 e. The SMILES string of the molecule is O=c1c2sc(-c3ccc(Cl)cc3)cc2ncn1-c1ccc2c(c1)ncn2CCN1CCCC1. The highest BCUT2D eigenvalue weighted by Crippen LogP contribution is 2.31. The van der Waals surface area contributed by atoms with Gasteiger partial charge in [-0.25, -0.2) is 9.97 Å². The smallest absolute Gasteiger partial charge is 0.275 e. The van der Waals surface area contributed by atoms with Gasteiger partial charge in [0.2, 0.25) is 0 Å². The molecule has 2 aromatic carbocycles. The van der Waals surface area contributed by atoms with Crippen molar-refractivity contribution in [1.29, 1.82) is 0 Å². The number of likely N-dealkylation sites (tertiary alicyclic amines) is 1. The van der Waals surface area contributed by atoms with Gasteiger partial charge in [0.25, 0.3) is 5.56 Å². The second-order valence-electron chi connectivity index (χ2n) is 8.41. The number of rotatable bonds is 5. The number of thiophene rings is 1. The number of imidazole rings is 1. The Morgan fingerprint density at radius 1 is 0.909 bits per heavy atom. The molecular weight excluding hydrogens is 454 g/mol. The van der Waals surface area contributed by atoms with Gasteiger partial charge in [-0.3, -0.25) is 9.36 Å². The molecule has 0 atom stereocenters. The summed E-state index contributed by atoms with van der Waals surface area (Å²) in [6.45, 7) is 4.35. The standard InChI is InChI=1S/C25H22ClN5OS/c26-18-5-3-17(4-6-18)23-14-21-24(33-23)25(32)31(16-28-21)19-7-8-22-20(13-19)27-15-30(22)12-11-29-9-1-2-10-29/h3-8,13-16H,1-2,9-12H2. The van der Waals surface area contributed by atoms with Crippen molar-refractivity contribution in [2.24, 2.45) is 0 Å². The van der Waals surface area contributed by atoms with Crippen molar-refractivity contribution in [1.82, 2.24) is 24.0 Å². The van der Waals surface area contributed by atoms with Crippen molar-refractivity contribution in [2.75, 3.05) is 19.6 Å². The summed E-state index contributed by atoms with van der Waals surface area (Å²) in [5, 5.41) is 0.689. The predicted molar refractivity (Wildman–Crippen MR) is 135 cm³/mol. The van der Waals surface area contributed by atoms with Crippen molar-refractivity contribution in [3.63, 3.8) is 0 Å². The Kier molecular flexibility index (Phi) is 5.25. The quantitative estimate of drug-likeness (QED) is 0.350. The molecule has 0 spiro atoms. The first-order valence-electron chi connectivity index (χ1n) is 11.1. The van der Waals surface area contributed by atoms with Gasteiger partial charge in [0, 0.05) is 23.0 Å². The molecule has 0 bridgehead atoms. The molecule has 0 saturated carbocycles. The van der Waals surface area contributed by atoms with E-state index in [9.17, 15) is 4.79 Å². The molecule has 0 amide bonds. The van der Waals surface area contributed by atoms with Gasteiger partial charge in [0.05, 0.1) is 28.6 Å². The lowest BCUT2D eigenvalue weighted by molar-refractivity contribution is 0.324. The van der Waals surface area contributed by atoms with E-state index in [4.69, 9.17) is 11.6 Å². The molecule has 4 heterocycles. The summed E-state index contributed by atoms with van der Waals surface area (Å²) in [6, 6.07) is 15.6. The number of halogens is 1. The maximum atomic E-state index is 13.3. The summed E-state index contributed by atoms with van der Waals surface area (Å²) in [6.07, 6.45) is 6.10. The van der Waals surface area contributed by atoms with Crippen molar-refractivity contribution in [2.45, 2.75) is 19.4 Å². The molecule has 1 aliphatic heterocycles. The zero-order valence-electron chi connectivity index (χ0n) is 17.9. The molecule has 0 aliphatic carbocycles.